The van der Waals surface area contributed by atoms with Gasteiger partial charge in [-0.1, -0.05) is 26.8 Å². The van der Waals surface area contributed by atoms with E-state index < -0.39 is 11.8 Å². The summed E-state index contributed by atoms with van der Waals surface area (Å²) in [6, 6.07) is 5.06. The van der Waals surface area contributed by atoms with E-state index in [9.17, 15) is 9.59 Å². The molecule has 1 aromatic carbocycles. The molecule has 0 saturated heterocycles. The highest BCUT2D eigenvalue weighted by molar-refractivity contribution is 7.80. The molecule has 172 valence electrons. The van der Waals surface area contributed by atoms with Crippen LogP contribution >= 0.6 is 23.6 Å². The number of hydrogen-bond acceptors (Lipinski definition) is 6. The summed E-state index contributed by atoms with van der Waals surface area (Å²) in [6.07, 6.45) is 2.69. The minimum atomic E-state index is -0.500. The van der Waals surface area contributed by atoms with E-state index in [0.29, 0.717) is 28.0 Å². The molecule has 1 atom stereocenters. The van der Waals surface area contributed by atoms with Crippen molar-refractivity contribution in [3.05, 3.63) is 39.8 Å². The monoisotopic (exact) mass is 475 g/mol. The molecule has 9 heteroatoms. The maximum Gasteiger partial charge on any atom is 0.264 e. The lowest BCUT2D eigenvalue weighted by atomic mass is 9.72. The van der Waals surface area contributed by atoms with Gasteiger partial charge in [0.15, 0.2) is 5.11 Å². The lowest BCUT2D eigenvalue weighted by Crippen LogP contribution is -2.35. The summed E-state index contributed by atoms with van der Waals surface area (Å²) in [6.45, 7) is 6.71. The van der Waals surface area contributed by atoms with Gasteiger partial charge >= 0.3 is 0 Å². The molecule has 0 radical (unpaired) electrons. The van der Waals surface area contributed by atoms with Crippen molar-refractivity contribution in [1.29, 1.82) is 0 Å². The molecule has 1 aromatic heterocycles. The topological polar surface area (TPSA) is 103 Å². The number of primary amides is 1. The average Bonchev–Trinajstić information content (AvgIpc) is 3.09. The molecular formula is C23H29N3O4S2. The molecule has 1 heterocycles. The maximum atomic E-state index is 12.9. The van der Waals surface area contributed by atoms with E-state index in [0.717, 1.165) is 29.7 Å². The third-order valence-electron chi connectivity index (χ3n) is 5.85. The van der Waals surface area contributed by atoms with Gasteiger partial charge in [0.1, 0.15) is 22.1 Å². The third-order valence-corrected chi connectivity index (χ3v) is 7.22. The highest BCUT2D eigenvalue weighted by atomic mass is 32.1. The van der Waals surface area contributed by atoms with Crippen molar-refractivity contribution in [2.24, 2.45) is 17.1 Å². The number of benzene rings is 1. The van der Waals surface area contributed by atoms with Crippen LogP contribution in [0.25, 0.3) is 0 Å². The number of ether oxygens (including phenoxy) is 2. The second-order valence-corrected chi connectivity index (χ2v) is 10.3. The number of carbonyl (C=O) groups excluding carboxylic acids is 2. The first-order valence-corrected chi connectivity index (χ1v) is 11.6. The Morgan fingerprint density at radius 3 is 2.31 bits per heavy atom. The number of anilines is 1. The van der Waals surface area contributed by atoms with Crippen molar-refractivity contribution in [2.45, 2.75) is 40.0 Å². The Hall–Kier alpha value is -2.65. The fourth-order valence-corrected chi connectivity index (χ4v) is 5.65. The number of methoxy groups -OCH3 is 2. The molecule has 1 aliphatic carbocycles. The molecule has 0 saturated carbocycles. The Labute approximate surface area is 197 Å². The van der Waals surface area contributed by atoms with Gasteiger partial charge in [-0.25, -0.2) is 0 Å². The minimum Gasteiger partial charge on any atom is -0.496 e. The number of amides is 2. The predicted molar refractivity (Wildman–Crippen MR) is 131 cm³/mol. The fourth-order valence-electron chi connectivity index (χ4n) is 4.05. The van der Waals surface area contributed by atoms with Crippen molar-refractivity contribution >= 4 is 45.5 Å². The molecule has 0 aliphatic heterocycles. The summed E-state index contributed by atoms with van der Waals surface area (Å²) in [5.41, 5.74) is 7.58. The van der Waals surface area contributed by atoms with Gasteiger partial charge in [0, 0.05) is 4.88 Å². The summed E-state index contributed by atoms with van der Waals surface area (Å²) < 4.78 is 10.6. The smallest absolute Gasteiger partial charge is 0.264 e. The van der Waals surface area contributed by atoms with Gasteiger partial charge in [-0.2, -0.15) is 0 Å². The van der Waals surface area contributed by atoms with Crippen molar-refractivity contribution in [1.82, 2.24) is 5.32 Å². The average molecular weight is 476 g/mol. The third kappa shape index (κ3) is 4.88. The Morgan fingerprint density at radius 2 is 1.78 bits per heavy atom. The number of nitrogens with two attached hydrogens (primary N) is 1. The first-order chi connectivity index (χ1) is 15.1. The number of carbonyl (C=O) groups is 2. The van der Waals surface area contributed by atoms with Crippen LogP contribution in [-0.2, 0) is 12.8 Å². The van der Waals surface area contributed by atoms with Gasteiger partial charge in [0.2, 0.25) is 0 Å². The number of rotatable bonds is 5. The van der Waals surface area contributed by atoms with Crippen LogP contribution in [0, 0.1) is 11.3 Å². The Balaban J connectivity index is 1.83. The largest absolute Gasteiger partial charge is 0.496 e. The first-order valence-electron chi connectivity index (χ1n) is 10.3. The zero-order chi connectivity index (χ0) is 23.6. The molecule has 32 heavy (non-hydrogen) atoms. The number of nitrogens with one attached hydrogen (secondary N) is 2. The lowest BCUT2D eigenvalue weighted by molar-refractivity contribution is 0.0969. The molecule has 4 N–H and O–H groups in total. The van der Waals surface area contributed by atoms with Crippen molar-refractivity contribution in [3.8, 4) is 11.5 Å². The van der Waals surface area contributed by atoms with Gasteiger partial charge in [-0.15, -0.1) is 11.3 Å². The molecule has 1 aliphatic rings. The second-order valence-electron chi connectivity index (χ2n) is 8.82. The van der Waals surface area contributed by atoms with Gasteiger partial charge < -0.3 is 20.5 Å². The summed E-state index contributed by atoms with van der Waals surface area (Å²) in [5.74, 6) is 0.266. The summed E-state index contributed by atoms with van der Waals surface area (Å²) in [5, 5.41) is 6.29. The van der Waals surface area contributed by atoms with E-state index in [1.54, 1.807) is 18.2 Å². The molecule has 0 bridgehead atoms. The van der Waals surface area contributed by atoms with Crippen LogP contribution in [0.4, 0.5) is 5.00 Å². The van der Waals surface area contributed by atoms with Crippen LogP contribution in [0.2, 0.25) is 0 Å². The Morgan fingerprint density at radius 1 is 1.16 bits per heavy atom. The number of fused-ring (bicyclic) bond motifs is 1. The molecule has 3 rings (SSSR count). The highest BCUT2D eigenvalue weighted by Gasteiger charge is 2.33. The SMILES string of the molecule is COc1cccc(OC)c1C(=O)NC(=S)Nc1sc2c(c1C(N)=O)CC[C@H](C(C)(C)C)C2. The van der Waals surface area contributed by atoms with Crippen LogP contribution in [0.1, 0.15) is 58.3 Å². The van der Waals surface area contributed by atoms with E-state index >= 15 is 0 Å². The normalized spacial score (nSPS) is 15.5. The minimum absolute atomic E-state index is 0.0661. The van der Waals surface area contributed by atoms with Crippen molar-refractivity contribution in [3.63, 3.8) is 0 Å². The van der Waals surface area contributed by atoms with E-state index in [1.807, 2.05) is 0 Å². The zero-order valence-corrected chi connectivity index (χ0v) is 20.6. The zero-order valence-electron chi connectivity index (χ0n) is 19.0. The molecule has 0 fully saturated rings. The van der Waals surface area contributed by atoms with Crippen LogP contribution in [0.15, 0.2) is 18.2 Å². The van der Waals surface area contributed by atoms with Gasteiger partial charge in [0.05, 0.1) is 19.8 Å². The number of thiocarbonyl (C=S) groups is 1. The first kappa shape index (κ1) is 24.0. The highest BCUT2D eigenvalue weighted by Crippen LogP contribution is 2.44. The molecule has 0 spiro atoms. The number of thiophene rings is 1. The second kappa shape index (κ2) is 9.46. The molecule has 2 aromatic rings. The van der Waals surface area contributed by atoms with Gasteiger partial charge in [-0.3, -0.25) is 14.9 Å². The summed E-state index contributed by atoms with van der Waals surface area (Å²) in [4.78, 5) is 26.3. The van der Waals surface area contributed by atoms with Gasteiger partial charge in [0.25, 0.3) is 11.8 Å². The van der Waals surface area contributed by atoms with E-state index in [4.69, 9.17) is 27.4 Å². The maximum absolute atomic E-state index is 12.9. The van der Waals surface area contributed by atoms with Crippen LogP contribution < -0.4 is 25.8 Å². The molecular weight excluding hydrogens is 446 g/mol. The Bertz CT molecular complexity index is 1030. The van der Waals surface area contributed by atoms with Crippen molar-refractivity contribution < 1.29 is 19.1 Å². The van der Waals surface area contributed by atoms with E-state index in [2.05, 4.69) is 31.4 Å². The van der Waals surface area contributed by atoms with Crippen molar-refractivity contribution in [2.75, 3.05) is 19.5 Å². The van der Waals surface area contributed by atoms with E-state index in [1.165, 1.54) is 25.6 Å². The quantitative estimate of drug-likeness (QED) is 0.562. The lowest BCUT2D eigenvalue weighted by Gasteiger charge is -2.33. The molecule has 0 unspecified atom stereocenters. The van der Waals surface area contributed by atoms with Crippen LogP contribution in [-0.4, -0.2) is 31.1 Å². The van der Waals surface area contributed by atoms with Crippen LogP contribution in [0.5, 0.6) is 11.5 Å². The summed E-state index contributed by atoms with van der Waals surface area (Å²) >= 11 is 6.85. The molecule has 7 nitrogen and oxygen atoms in total. The van der Waals surface area contributed by atoms with Crippen LogP contribution in [0.3, 0.4) is 0 Å². The standard InChI is InChI=1S/C23H29N3O4S2/c1-23(2,3)12-9-10-13-16(11-12)32-21(17(13)19(24)27)26-22(31)25-20(28)18-14(29-4)7-6-8-15(18)30-5/h6-8,12H,9-11H2,1-5H3,(H2,24,27)(H2,25,26,28,31)/t12-/m0/s1. The predicted octanol–water partition coefficient (Wildman–Crippen LogP) is 4.14. The number of hydrogen-bond donors (Lipinski definition) is 3. The fraction of sp³-hybridized carbons (Fsp3) is 0.435. The molecule has 2 amide bonds. The van der Waals surface area contributed by atoms with E-state index in [-0.39, 0.29) is 16.1 Å². The Kier molecular flexibility index (Phi) is 7.09. The van der Waals surface area contributed by atoms with Gasteiger partial charge in [-0.05, 0) is 60.5 Å². The summed E-state index contributed by atoms with van der Waals surface area (Å²) in [7, 11) is 2.95.